The molecule has 0 atom stereocenters. The predicted molar refractivity (Wildman–Crippen MR) is 81.1 cm³/mol. The number of nitrogens with zero attached hydrogens (tertiary/aromatic N) is 2. The average molecular weight is 330 g/mol. The van der Waals surface area contributed by atoms with Crippen molar-refractivity contribution in [2.75, 3.05) is 5.73 Å². The zero-order valence-electron chi connectivity index (χ0n) is 10.6. The molecular formula is C15H12BrN3O. The number of aromatic nitrogens is 2. The van der Waals surface area contributed by atoms with Crippen molar-refractivity contribution in [3.8, 4) is 11.4 Å². The van der Waals surface area contributed by atoms with Crippen LogP contribution in [0.4, 0.5) is 5.69 Å². The van der Waals surface area contributed by atoms with Gasteiger partial charge in [0, 0.05) is 15.7 Å². The second-order valence-electron chi connectivity index (χ2n) is 4.44. The molecule has 0 unspecified atom stereocenters. The maximum absolute atomic E-state index is 5.66. The molecule has 0 aliphatic carbocycles. The van der Waals surface area contributed by atoms with Crippen molar-refractivity contribution in [3.05, 3.63) is 64.5 Å². The van der Waals surface area contributed by atoms with Gasteiger partial charge in [-0.3, -0.25) is 0 Å². The van der Waals surface area contributed by atoms with Crippen LogP contribution in [0.3, 0.4) is 0 Å². The van der Waals surface area contributed by atoms with Gasteiger partial charge in [-0.05, 0) is 42.0 Å². The first-order valence-electron chi connectivity index (χ1n) is 6.14. The molecule has 4 nitrogen and oxygen atoms in total. The second kappa shape index (κ2) is 5.46. The van der Waals surface area contributed by atoms with Crippen LogP contribution in [-0.2, 0) is 6.42 Å². The summed E-state index contributed by atoms with van der Waals surface area (Å²) in [7, 11) is 0. The zero-order chi connectivity index (χ0) is 13.9. The van der Waals surface area contributed by atoms with E-state index in [0.29, 0.717) is 23.8 Å². The lowest BCUT2D eigenvalue weighted by molar-refractivity contribution is 0.385. The summed E-state index contributed by atoms with van der Waals surface area (Å²) in [5, 5.41) is 4.00. The quantitative estimate of drug-likeness (QED) is 0.744. The fourth-order valence-electron chi connectivity index (χ4n) is 1.90. The molecule has 0 fully saturated rings. The number of hydrogen-bond acceptors (Lipinski definition) is 4. The molecule has 0 saturated heterocycles. The Morgan fingerprint density at radius 1 is 1.10 bits per heavy atom. The summed E-state index contributed by atoms with van der Waals surface area (Å²) in [5.41, 5.74) is 8.38. The van der Waals surface area contributed by atoms with Crippen LogP contribution < -0.4 is 5.73 Å². The van der Waals surface area contributed by atoms with Crippen molar-refractivity contribution >= 4 is 21.6 Å². The molecule has 5 heteroatoms. The number of nitrogen functional groups attached to an aromatic ring is 1. The largest absolute Gasteiger partial charge is 0.399 e. The normalized spacial score (nSPS) is 10.7. The van der Waals surface area contributed by atoms with Crippen LogP contribution in [0.15, 0.2) is 57.5 Å². The van der Waals surface area contributed by atoms with E-state index in [-0.39, 0.29) is 0 Å². The Hall–Kier alpha value is -2.14. The molecule has 0 saturated carbocycles. The summed E-state index contributed by atoms with van der Waals surface area (Å²) in [5.74, 6) is 1.17. The van der Waals surface area contributed by atoms with Gasteiger partial charge in [0.2, 0.25) is 11.7 Å². The van der Waals surface area contributed by atoms with E-state index in [4.69, 9.17) is 10.3 Å². The number of benzene rings is 2. The van der Waals surface area contributed by atoms with Gasteiger partial charge < -0.3 is 10.3 Å². The molecule has 1 aromatic heterocycles. The van der Waals surface area contributed by atoms with E-state index in [1.54, 1.807) is 0 Å². The Labute approximate surface area is 124 Å². The maximum Gasteiger partial charge on any atom is 0.231 e. The maximum atomic E-state index is 5.66. The van der Waals surface area contributed by atoms with Gasteiger partial charge >= 0.3 is 0 Å². The minimum Gasteiger partial charge on any atom is -0.399 e. The smallest absolute Gasteiger partial charge is 0.231 e. The molecule has 0 radical (unpaired) electrons. The van der Waals surface area contributed by atoms with Crippen molar-refractivity contribution in [1.82, 2.24) is 10.1 Å². The van der Waals surface area contributed by atoms with Crippen molar-refractivity contribution < 1.29 is 4.52 Å². The molecular weight excluding hydrogens is 318 g/mol. The Balaban J connectivity index is 1.82. The van der Waals surface area contributed by atoms with E-state index in [2.05, 4.69) is 26.1 Å². The van der Waals surface area contributed by atoms with Gasteiger partial charge in [-0.1, -0.05) is 33.2 Å². The Bertz CT molecular complexity index is 722. The first-order valence-corrected chi connectivity index (χ1v) is 6.93. The van der Waals surface area contributed by atoms with E-state index in [0.717, 1.165) is 15.6 Å². The van der Waals surface area contributed by atoms with Crippen LogP contribution in [0.5, 0.6) is 0 Å². The summed E-state index contributed by atoms with van der Waals surface area (Å²) >= 11 is 3.45. The van der Waals surface area contributed by atoms with Crippen LogP contribution in [0.2, 0.25) is 0 Å². The number of hydrogen-bond donors (Lipinski definition) is 1. The van der Waals surface area contributed by atoms with E-state index < -0.39 is 0 Å². The molecule has 100 valence electrons. The van der Waals surface area contributed by atoms with Crippen LogP contribution in [-0.4, -0.2) is 10.1 Å². The third-order valence-corrected chi connectivity index (χ3v) is 3.37. The third kappa shape index (κ3) is 2.88. The number of halogens is 1. The van der Waals surface area contributed by atoms with Crippen molar-refractivity contribution in [2.24, 2.45) is 0 Å². The number of anilines is 1. The highest BCUT2D eigenvalue weighted by Crippen LogP contribution is 2.19. The highest BCUT2D eigenvalue weighted by Gasteiger charge is 2.09. The summed E-state index contributed by atoms with van der Waals surface area (Å²) in [6.45, 7) is 0. The molecule has 0 bridgehead atoms. The van der Waals surface area contributed by atoms with E-state index in [9.17, 15) is 0 Å². The number of nitrogens with two attached hydrogens (primary N) is 1. The Kier molecular flexibility index (Phi) is 3.52. The summed E-state index contributed by atoms with van der Waals surface area (Å²) in [4.78, 5) is 4.40. The number of rotatable bonds is 3. The second-order valence-corrected chi connectivity index (χ2v) is 5.36. The Morgan fingerprint density at radius 3 is 2.65 bits per heavy atom. The lowest BCUT2D eigenvalue weighted by atomic mass is 10.1. The van der Waals surface area contributed by atoms with E-state index in [1.165, 1.54) is 0 Å². The summed E-state index contributed by atoms with van der Waals surface area (Å²) < 4.78 is 6.32. The molecule has 0 aliphatic rings. The van der Waals surface area contributed by atoms with Gasteiger partial charge in [-0.15, -0.1) is 0 Å². The minimum absolute atomic E-state index is 0.579. The summed E-state index contributed by atoms with van der Waals surface area (Å²) in [6.07, 6.45) is 0.613. The monoisotopic (exact) mass is 329 g/mol. The first-order chi connectivity index (χ1) is 9.70. The molecule has 0 aliphatic heterocycles. The van der Waals surface area contributed by atoms with Gasteiger partial charge in [0.25, 0.3) is 0 Å². The average Bonchev–Trinajstić information content (AvgIpc) is 2.88. The molecule has 1 heterocycles. The van der Waals surface area contributed by atoms with Crippen LogP contribution in [0.1, 0.15) is 11.5 Å². The molecule has 2 aromatic carbocycles. The highest BCUT2D eigenvalue weighted by molar-refractivity contribution is 9.10. The van der Waals surface area contributed by atoms with Crippen molar-refractivity contribution in [1.29, 1.82) is 0 Å². The molecule has 2 N–H and O–H groups in total. The van der Waals surface area contributed by atoms with Gasteiger partial charge in [0.1, 0.15) is 0 Å². The van der Waals surface area contributed by atoms with Crippen molar-refractivity contribution in [2.45, 2.75) is 6.42 Å². The van der Waals surface area contributed by atoms with Crippen LogP contribution in [0, 0.1) is 0 Å². The third-order valence-electron chi connectivity index (χ3n) is 2.88. The standard InChI is InChI=1S/C15H12BrN3O/c16-12-3-1-2-10(8-12)9-14-18-15(19-20-14)11-4-6-13(17)7-5-11/h1-8H,9,17H2. The van der Waals surface area contributed by atoms with E-state index >= 15 is 0 Å². The fraction of sp³-hybridized carbons (Fsp3) is 0.0667. The van der Waals surface area contributed by atoms with Crippen molar-refractivity contribution in [3.63, 3.8) is 0 Å². The lowest BCUT2D eigenvalue weighted by Gasteiger charge is -1.97. The first kappa shape index (κ1) is 12.9. The van der Waals surface area contributed by atoms with Crippen LogP contribution >= 0.6 is 15.9 Å². The fourth-order valence-corrected chi connectivity index (χ4v) is 2.34. The predicted octanol–water partition coefficient (Wildman–Crippen LogP) is 3.67. The summed E-state index contributed by atoms with van der Waals surface area (Å²) in [6, 6.07) is 15.4. The Morgan fingerprint density at radius 2 is 1.90 bits per heavy atom. The van der Waals surface area contributed by atoms with Gasteiger partial charge in [-0.2, -0.15) is 4.98 Å². The van der Waals surface area contributed by atoms with Gasteiger partial charge in [0.05, 0.1) is 6.42 Å². The molecule has 20 heavy (non-hydrogen) atoms. The van der Waals surface area contributed by atoms with Gasteiger partial charge in [0.15, 0.2) is 0 Å². The molecule has 3 aromatic rings. The topological polar surface area (TPSA) is 64.9 Å². The highest BCUT2D eigenvalue weighted by atomic mass is 79.9. The SMILES string of the molecule is Nc1ccc(-c2noc(Cc3cccc(Br)c3)n2)cc1. The van der Waals surface area contributed by atoms with Crippen LogP contribution in [0.25, 0.3) is 11.4 Å². The molecule has 0 amide bonds. The lowest BCUT2D eigenvalue weighted by Crippen LogP contribution is -1.89. The molecule has 0 spiro atoms. The molecule has 3 rings (SSSR count). The minimum atomic E-state index is 0.579. The zero-order valence-corrected chi connectivity index (χ0v) is 12.2. The van der Waals surface area contributed by atoms with E-state index in [1.807, 2.05) is 48.5 Å². The van der Waals surface area contributed by atoms with Gasteiger partial charge in [-0.25, -0.2) is 0 Å².